The van der Waals surface area contributed by atoms with Crippen LogP contribution in [0.15, 0.2) is 0 Å². The third-order valence-electron chi connectivity index (χ3n) is 4.40. The lowest BCUT2D eigenvalue weighted by Gasteiger charge is -2.40. The van der Waals surface area contributed by atoms with E-state index >= 15 is 0 Å². The molecule has 2 saturated carbocycles. The summed E-state index contributed by atoms with van der Waals surface area (Å²) >= 11 is 0. The van der Waals surface area contributed by atoms with E-state index in [1.54, 1.807) is 0 Å². The van der Waals surface area contributed by atoms with Crippen LogP contribution in [-0.4, -0.2) is 24.1 Å². The average molecular weight is 254 g/mol. The molecule has 0 spiro atoms. The highest BCUT2D eigenvalue weighted by molar-refractivity contribution is 5.76. The Morgan fingerprint density at radius 3 is 2.56 bits per heavy atom. The lowest BCUT2D eigenvalue weighted by molar-refractivity contribution is -0.193. The fourth-order valence-electron chi connectivity index (χ4n) is 3.31. The zero-order chi connectivity index (χ0) is 13.6. The number of esters is 1. The maximum Gasteiger partial charge on any atom is 0.311 e. The Balaban J connectivity index is 2.17. The van der Waals surface area contributed by atoms with Crippen LogP contribution in [0.1, 0.15) is 47.0 Å². The molecule has 102 valence electrons. The van der Waals surface area contributed by atoms with Gasteiger partial charge in [0.25, 0.3) is 6.47 Å². The lowest BCUT2D eigenvalue weighted by atomic mass is 9.82. The van der Waals surface area contributed by atoms with Crippen molar-refractivity contribution in [3.63, 3.8) is 0 Å². The molecule has 4 unspecified atom stereocenters. The van der Waals surface area contributed by atoms with Gasteiger partial charge in [-0.05, 0) is 47.0 Å². The van der Waals surface area contributed by atoms with Crippen molar-refractivity contribution >= 4 is 12.4 Å². The third kappa shape index (κ3) is 2.02. The molecule has 0 N–H and O–H groups in total. The first-order valence-corrected chi connectivity index (χ1v) is 6.61. The maximum absolute atomic E-state index is 12.1. The molecular formula is C14H22O4. The van der Waals surface area contributed by atoms with Gasteiger partial charge in [-0.3, -0.25) is 9.59 Å². The minimum atomic E-state index is -0.645. The fourth-order valence-corrected chi connectivity index (χ4v) is 3.31. The number of fused-ring (bicyclic) bond motifs is 2. The summed E-state index contributed by atoms with van der Waals surface area (Å²) in [6.07, 6.45) is 2.83. The third-order valence-corrected chi connectivity index (χ3v) is 4.40. The largest absolute Gasteiger partial charge is 0.460 e. The van der Waals surface area contributed by atoms with Gasteiger partial charge in [-0.25, -0.2) is 0 Å². The van der Waals surface area contributed by atoms with Crippen LogP contribution in [0.3, 0.4) is 0 Å². The van der Waals surface area contributed by atoms with E-state index < -0.39 is 11.0 Å². The van der Waals surface area contributed by atoms with Crippen LogP contribution in [0, 0.1) is 17.3 Å². The van der Waals surface area contributed by atoms with E-state index in [1.165, 1.54) is 0 Å². The Kier molecular flexibility index (Phi) is 3.16. The predicted molar refractivity (Wildman–Crippen MR) is 65.7 cm³/mol. The molecule has 2 fully saturated rings. The average Bonchev–Trinajstić information content (AvgIpc) is 2.80. The van der Waals surface area contributed by atoms with Crippen molar-refractivity contribution in [2.75, 3.05) is 0 Å². The van der Waals surface area contributed by atoms with Gasteiger partial charge in [0.1, 0.15) is 11.7 Å². The van der Waals surface area contributed by atoms with E-state index in [0.29, 0.717) is 18.3 Å². The van der Waals surface area contributed by atoms with Gasteiger partial charge in [-0.2, -0.15) is 0 Å². The summed E-state index contributed by atoms with van der Waals surface area (Å²) in [5, 5.41) is 0. The molecule has 0 amide bonds. The molecular weight excluding hydrogens is 232 g/mol. The second-order valence-corrected chi connectivity index (χ2v) is 6.75. The second-order valence-electron chi connectivity index (χ2n) is 6.75. The second kappa shape index (κ2) is 4.25. The highest BCUT2D eigenvalue weighted by atomic mass is 16.6. The van der Waals surface area contributed by atoms with Gasteiger partial charge in [0.05, 0.1) is 5.41 Å². The number of hydrogen-bond donors (Lipinski definition) is 0. The number of ether oxygens (including phenoxy) is 2. The normalized spacial score (nSPS) is 38.6. The Hall–Kier alpha value is -1.06. The summed E-state index contributed by atoms with van der Waals surface area (Å²) < 4.78 is 10.9. The monoisotopic (exact) mass is 254 g/mol. The van der Waals surface area contributed by atoms with E-state index in [2.05, 4.69) is 0 Å². The van der Waals surface area contributed by atoms with E-state index in [9.17, 15) is 9.59 Å². The quantitative estimate of drug-likeness (QED) is 0.573. The van der Waals surface area contributed by atoms with Crippen molar-refractivity contribution in [3.8, 4) is 0 Å². The van der Waals surface area contributed by atoms with E-state index in [0.717, 1.165) is 19.3 Å². The summed E-state index contributed by atoms with van der Waals surface area (Å²) in [5.41, 5.74) is -1.18. The molecule has 0 saturated heterocycles. The Labute approximate surface area is 108 Å². The summed E-state index contributed by atoms with van der Waals surface area (Å²) in [6.45, 7) is 7.90. The molecule has 4 atom stereocenters. The minimum Gasteiger partial charge on any atom is -0.460 e. The van der Waals surface area contributed by atoms with Gasteiger partial charge in [-0.1, -0.05) is 0 Å². The minimum absolute atomic E-state index is 0.225. The maximum atomic E-state index is 12.1. The van der Waals surface area contributed by atoms with Gasteiger partial charge < -0.3 is 9.47 Å². The molecule has 0 aromatic heterocycles. The Morgan fingerprint density at radius 1 is 1.33 bits per heavy atom. The molecule has 4 nitrogen and oxygen atoms in total. The zero-order valence-corrected chi connectivity index (χ0v) is 11.6. The molecule has 0 aromatic rings. The Bertz CT molecular complexity index is 357. The standard InChI is InChI=1S/C14H22O4/c1-13(2,3)12(16)18-14(4)10-6-5-9(7-10)11(14)17-8-15/h8-11H,5-7H2,1-4H3. The smallest absolute Gasteiger partial charge is 0.311 e. The molecule has 2 rings (SSSR count). The highest BCUT2D eigenvalue weighted by Crippen LogP contribution is 2.54. The van der Waals surface area contributed by atoms with Crippen molar-refractivity contribution in [1.82, 2.24) is 0 Å². The summed E-state index contributed by atoms with van der Waals surface area (Å²) in [6, 6.07) is 0. The first-order valence-electron chi connectivity index (χ1n) is 6.61. The number of rotatable bonds is 3. The Morgan fingerprint density at radius 2 is 2.00 bits per heavy atom. The number of carbonyl (C=O) groups excluding carboxylic acids is 2. The zero-order valence-electron chi connectivity index (χ0n) is 11.6. The molecule has 18 heavy (non-hydrogen) atoms. The molecule has 2 bridgehead atoms. The number of hydrogen-bond acceptors (Lipinski definition) is 4. The lowest BCUT2D eigenvalue weighted by Crippen LogP contribution is -2.51. The van der Waals surface area contributed by atoms with E-state index in [1.807, 2.05) is 27.7 Å². The van der Waals surface area contributed by atoms with Crippen LogP contribution in [0.25, 0.3) is 0 Å². The molecule has 2 aliphatic rings. The molecule has 0 aromatic carbocycles. The molecule has 2 aliphatic carbocycles. The van der Waals surface area contributed by atoms with Crippen molar-refractivity contribution in [2.45, 2.75) is 58.7 Å². The van der Waals surface area contributed by atoms with E-state index in [4.69, 9.17) is 9.47 Å². The topological polar surface area (TPSA) is 52.6 Å². The van der Waals surface area contributed by atoms with Gasteiger partial charge in [0.15, 0.2) is 0 Å². The highest BCUT2D eigenvalue weighted by Gasteiger charge is 2.60. The fraction of sp³-hybridized carbons (Fsp3) is 0.857. The van der Waals surface area contributed by atoms with Crippen molar-refractivity contribution < 1.29 is 19.1 Å². The van der Waals surface area contributed by atoms with E-state index in [-0.39, 0.29) is 12.1 Å². The van der Waals surface area contributed by atoms with Crippen molar-refractivity contribution in [1.29, 1.82) is 0 Å². The molecule has 4 heteroatoms. The van der Waals surface area contributed by atoms with Crippen LogP contribution in [-0.2, 0) is 19.1 Å². The first-order chi connectivity index (χ1) is 8.29. The van der Waals surface area contributed by atoms with Crippen LogP contribution >= 0.6 is 0 Å². The number of carbonyl (C=O) groups is 2. The van der Waals surface area contributed by atoms with Gasteiger partial charge in [-0.15, -0.1) is 0 Å². The van der Waals surface area contributed by atoms with Crippen molar-refractivity contribution in [3.05, 3.63) is 0 Å². The van der Waals surface area contributed by atoms with Crippen LogP contribution in [0.2, 0.25) is 0 Å². The van der Waals surface area contributed by atoms with Crippen LogP contribution < -0.4 is 0 Å². The SMILES string of the molecule is CC(C)(C)C(=O)OC1(C)C2CCC(C2)C1OC=O. The summed E-state index contributed by atoms with van der Waals surface area (Å²) in [4.78, 5) is 22.7. The summed E-state index contributed by atoms with van der Waals surface area (Å²) in [7, 11) is 0. The van der Waals surface area contributed by atoms with Crippen LogP contribution in [0.5, 0.6) is 0 Å². The first kappa shape index (κ1) is 13.4. The van der Waals surface area contributed by atoms with Gasteiger partial charge in [0, 0.05) is 11.8 Å². The predicted octanol–water partition coefficient (Wildman–Crippen LogP) is 2.31. The summed E-state index contributed by atoms with van der Waals surface area (Å²) in [5.74, 6) is 0.439. The molecule has 0 heterocycles. The molecule has 0 radical (unpaired) electrons. The van der Waals surface area contributed by atoms with Gasteiger partial charge >= 0.3 is 5.97 Å². The van der Waals surface area contributed by atoms with Gasteiger partial charge in [0.2, 0.25) is 0 Å². The van der Waals surface area contributed by atoms with Crippen molar-refractivity contribution in [2.24, 2.45) is 17.3 Å². The van der Waals surface area contributed by atoms with Crippen LogP contribution in [0.4, 0.5) is 0 Å². The molecule has 0 aliphatic heterocycles.